The molecule has 1 fully saturated rings. The first-order chi connectivity index (χ1) is 12.5. The minimum atomic E-state index is -0.212. The van der Waals surface area contributed by atoms with Gasteiger partial charge in [-0.05, 0) is 61.7 Å². The summed E-state index contributed by atoms with van der Waals surface area (Å²) in [5.41, 5.74) is 4.81. The monoisotopic (exact) mass is 352 g/mol. The molecule has 1 saturated heterocycles. The SMILES string of the molecule is C=CC1=C(N(C)c2ccc(F)cc2)C=C2CCN(CCC)CC2(C=C)C1. The fraction of sp³-hybridized carbons (Fsp3) is 0.391. The van der Waals surface area contributed by atoms with Crippen molar-refractivity contribution in [3.8, 4) is 0 Å². The van der Waals surface area contributed by atoms with E-state index < -0.39 is 0 Å². The molecule has 1 aromatic rings. The highest BCUT2D eigenvalue weighted by Gasteiger charge is 2.40. The Morgan fingerprint density at radius 3 is 2.62 bits per heavy atom. The molecule has 2 aliphatic rings. The largest absolute Gasteiger partial charge is 0.344 e. The molecule has 1 aliphatic carbocycles. The molecule has 3 rings (SSSR count). The van der Waals surface area contributed by atoms with E-state index in [2.05, 4.69) is 42.0 Å². The van der Waals surface area contributed by atoms with Crippen molar-refractivity contribution in [2.24, 2.45) is 5.41 Å². The van der Waals surface area contributed by atoms with Gasteiger partial charge >= 0.3 is 0 Å². The van der Waals surface area contributed by atoms with E-state index in [1.54, 1.807) is 0 Å². The lowest BCUT2D eigenvalue weighted by atomic mass is 9.68. The van der Waals surface area contributed by atoms with E-state index in [0.717, 1.165) is 43.9 Å². The van der Waals surface area contributed by atoms with Crippen LogP contribution in [-0.4, -0.2) is 31.6 Å². The maximum atomic E-state index is 13.3. The van der Waals surface area contributed by atoms with Gasteiger partial charge in [-0.1, -0.05) is 31.2 Å². The van der Waals surface area contributed by atoms with Crippen LogP contribution in [-0.2, 0) is 0 Å². The molecule has 1 aliphatic heterocycles. The second kappa shape index (κ2) is 7.63. The first kappa shape index (κ1) is 18.7. The normalized spacial score (nSPS) is 23.3. The standard InChI is InChI=1S/C23H29FN2/c1-5-13-26-14-12-19-15-22(18(6-2)16-23(19,7-3)17-26)25(4)21-10-8-20(24)9-11-21/h6-11,15H,2-3,5,12-14,16-17H2,1,4H3. The lowest BCUT2D eigenvalue weighted by Crippen LogP contribution is -2.45. The summed E-state index contributed by atoms with van der Waals surface area (Å²) in [7, 11) is 2.04. The van der Waals surface area contributed by atoms with E-state index in [9.17, 15) is 4.39 Å². The van der Waals surface area contributed by atoms with Gasteiger partial charge < -0.3 is 9.80 Å². The molecule has 0 N–H and O–H groups in total. The third kappa shape index (κ3) is 3.41. The molecule has 0 radical (unpaired) electrons. The van der Waals surface area contributed by atoms with Crippen molar-refractivity contribution in [1.82, 2.24) is 4.90 Å². The number of benzene rings is 1. The number of anilines is 1. The average Bonchev–Trinajstić information content (AvgIpc) is 2.67. The van der Waals surface area contributed by atoms with Crippen LogP contribution < -0.4 is 4.90 Å². The van der Waals surface area contributed by atoms with Gasteiger partial charge in [-0.2, -0.15) is 0 Å². The Morgan fingerprint density at radius 1 is 1.27 bits per heavy atom. The first-order valence-electron chi connectivity index (χ1n) is 9.45. The van der Waals surface area contributed by atoms with Crippen LogP contribution in [0.1, 0.15) is 26.2 Å². The van der Waals surface area contributed by atoms with E-state index >= 15 is 0 Å². The fourth-order valence-electron chi connectivity index (χ4n) is 4.25. The highest BCUT2D eigenvalue weighted by molar-refractivity contribution is 5.59. The molecule has 138 valence electrons. The van der Waals surface area contributed by atoms with Gasteiger partial charge in [0.2, 0.25) is 0 Å². The molecule has 0 spiro atoms. The zero-order valence-corrected chi connectivity index (χ0v) is 16.0. The second-order valence-electron chi connectivity index (χ2n) is 7.38. The minimum Gasteiger partial charge on any atom is -0.344 e. The summed E-state index contributed by atoms with van der Waals surface area (Å²) < 4.78 is 13.3. The van der Waals surface area contributed by atoms with E-state index in [4.69, 9.17) is 0 Å². The second-order valence-corrected chi connectivity index (χ2v) is 7.38. The molecule has 2 nitrogen and oxygen atoms in total. The summed E-state index contributed by atoms with van der Waals surface area (Å²) in [6, 6.07) is 6.65. The summed E-state index contributed by atoms with van der Waals surface area (Å²) in [6.45, 7) is 13.7. The number of fused-ring (bicyclic) bond motifs is 1. The smallest absolute Gasteiger partial charge is 0.123 e. The highest BCUT2D eigenvalue weighted by Crippen LogP contribution is 2.47. The number of likely N-dealkylation sites (tertiary alicyclic amines) is 1. The van der Waals surface area contributed by atoms with Gasteiger partial charge in [0.15, 0.2) is 0 Å². The van der Waals surface area contributed by atoms with Gasteiger partial charge in [0.05, 0.1) is 0 Å². The Hall–Kier alpha value is -2.13. The summed E-state index contributed by atoms with van der Waals surface area (Å²) in [5, 5.41) is 0. The van der Waals surface area contributed by atoms with E-state index in [0.29, 0.717) is 0 Å². The summed E-state index contributed by atoms with van der Waals surface area (Å²) >= 11 is 0. The van der Waals surface area contributed by atoms with Gasteiger partial charge in [-0.3, -0.25) is 0 Å². The van der Waals surface area contributed by atoms with Crippen LogP contribution in [0.15, 0.2) is 72.5 Å². The summed E-state index contributed by atoms with van der Waals surface area (Å²) in [6.07, 6.45) is 9.58. The van der Waals surface area contributed by atoms with E-state index in [-0.39, 0.29) is 11.2 Å². The lowest BCUT2D eigenvalue weighted by molar-refractivity contribution is 0.171. The van der Waals surface area contributed by atoms with Gasteiger partial charge in [0.1, 0.15) is 5.82 Å². The number of halogens is 1. The number of likely N-dealkylation sites (N-methyl/N-ethyl adjacent to an activating group) is 1. The molecule has 1 heterocycles. The molecule has 0 saturated carbocycles. The minimum absolute atomic E-state index is 0.00405. The summed E-state index contributed by atoms with van der Waals surface area (Å²) in [4.78, 5) is 4.68. The van der Waals surface area contributed by atoms with Crippen molar-refractivity contribution < 1.29 is 4.39 Å². The van der Waals surface area contributed by atoms with Crippen LogP contribution in [0.5, 0.6) is 0 Å². The van der Waals surface area contributed by atoms with Crippen molar-refractivity contribution in [2.45, 2.75) is 26.2 Å². The average molecular weight is 352 g/mol. The van der Waals surface area contributed by atoms with Gasteiger partial charge in [0, 0.05) is 36.9 Å². The Kier molecular flexibility index (Phi) is 5.47. The number of hydrogen-bond acceptors (Lipinski definition) is 2. The Morgan fingerprint density at radius 2 is 2.00 bits per heavy atom. The number of piperidine rings is 1. The molecule has 0 amide bonds. The third-order valence-electron chi connectivity index (χ3n) is 5.74. The van der Waals surface area contributed by atoms with Crippen molar-refractivity contribution in [1.29, 1.82) is 0 Å². The van der Waals surface area contributed by atoms with Crippen molar-refractivity contribution >= 4 is 5.69 Å². The molecule has 1 atom stereocenters. The third-order valence-corrected chi connectivity index (χ3v) is 5.74. The van der Waals surface area contributed by atoms with Crippen LogP contribution >= 0.6 is 0 Å². The zero-order chi connectivity index (χ0) is 18.7. The molecular weight excluding hydrogens is 323 g/mol. The zero-order valence-electron chi connectivity index (χ0n) is 16.0. The van der Waals surface area contributed by atoms with Crippen LogP contribution in [0.25, 0.3) is 0 Å². The van der Waals surface area contributed by atoms with E-state index in [1.165, 1.54) is 29.7 Å². The number of hydrogen-bond donors (Lipinski definition) is 0. The maximum absolute atomic E-state index is 13.3. The number of nitrogens with zero attached hydrogens (tertiary/aromatic N) is 2. The van der Waals surface area contributed by atoms with Crippen LogP contribution in [0, 0.1) is 11.2 Å². The molecule has 1 aromatic carbocycles. The fourth-order valence-corrected chi connectivity index (χ4v) is 4.25. The van der Waals surface area contributed by atoms with Crippen LogP contribution in [0.3, 0.4) is 0 Å². The van der Waals surface area contributed by atoms with Crippen LogP contribution in [0.2, 0.25) is 0 Å². The molecule has 1 unspecified atom stereocenters. The van der Waals surface area contributed by atoms with Crippen molar-refractivity contribution in [3.05, 3.63) is 78.3 Å². The Bertz CT molecular complexity index is 744. The Balaban J connectivity index is 1.95. The topological polar surface area (TPSA) is 6.48 Å². The van der Waals surface area contributed by atoms with Gasteiger partial charge in [0.25, 0.3) is 0 Å². The summed E-state index contributed by atoms with van der Waals surface area (Å²) in [5.74, 6) is -0.212. The van der Waals surface area contributed by atoms with Gasteiger partial charge in [-0.15, -0.1) is 6.58 Å². The van der Waals surface area contributed by atoms with Crippen LogP contribution in [0.4, 0.5) is 10.1 Å². The molecule has 3 heteroatoms. The van der Waals surface area contributed by atoms with E-state index in [1.807, 2.05) is 25.3 Å². The maximum Gasteiger partial charge on any atom is 0.123 e. The van der Waals surface area contributed by atoms with Gasteiger partial charge in [-0.25, -0.2) is 4.39 Å². The number of rotatable bonds is 6. The predicted octanol–water partition coefficient (Wildman–Crippen LogP) is 5.32. The molecular formula is C23H29FN2. The molecule has 26 heavy (non-hydrogen) atoms. The first-order valence-corrected chi connectivity index (χ1v) is 9.45. The lowest BCUT2D eigenvalue weighted by Gasteiger charge is -2.46. The molecule has 0 aromatic heterocycles. The van der Waals surface area contributed by atoms with Crippen molar-refractivity contribution in [2.75, 3.05) is 31.6 Å². The highest BCUT2D eigenvalue weighted by atomic mass is 19.1. The van der Waals surface area contributed by atoms with Crippen molar-refractivity contribution in [3.63, 3.8) is 0 Å². The Labute approximate surface area is 157 Å². The number of allylic oxidation sites excluding steroid dienone is 3. The molecule has 0 bridgehead atoms. The predicted molar refractivity (Wildman–Crippen MR) is 109 cm³/mol. The quantitative estimate of drug-likeness (QED) is 0.639.